The van der Waals surface area contributed by atoms with Crippen LogP contribution in [-0.2, 0) is 4.79 Å². The van der Waals surface area contributed by atoms with Crippen molar-refractivity contribution in [2.45, 2.75) is 6.92 Å². The number of carbonyl (C=O) groups excluding carboxylic acids is 1. The number of amides is 1. The van der Waals surface area contributed by atoms with Gasteiger partial charge in [0.2, 0.25) is 5.91 Å². The van der Waals surface area contributed by atoms with E-state index in [4.69, 9.17) is 9.47 Å². The van der Waals surface area contributed by atoms with Gasteiger partial charge in [0.25, 0.3) is 0 Å². The first-order chi connectivity index (χ1) is 12.1. The third kappa shape index (κ3) is 6.43. The molecule has 5 nitrogen and oxygen atoms in total. The summed E-state index contributed by atoms with van der Waals surface area (Å²) < 4.78 is 23.8. The van der Waals surface area contributed by atoms with Crippen LogP contribution in [-0.4, -0.2) is 44.2 Å². The zero-order valence-corrected chi connectivity index (χ0v) is 14.5. The van der Waals surface area contributed by atoms with E-state index in [0.29, 0.717) is 36.9 Å². The fourth-order valence-electron chi connectivity index (χ4n) is 2.22. The molecule has 0 fully saturated rings. The molecule has 6 heteroatoms. The largest absolute Gasteiger partial charge is 0.492 e. The van der Waals surface area contributed by atoms with Gasteiger partial charge in [0.05, 0.1) is 18.8 Å². The summed E-state index contributed by atoms with van der Waals surface area (Å²) in [4.78, 5) is 14.0. The van der Waals surface area contributed by atoms with E-state index < -0.39 is 0 Å². The number of likely N-dealkylation sites (N-methyl/N-ethyl adjacent to an activating group) is 1. The van der Waals surface area contributed by atoms with Crippen LogP contribution in [0.1, 0.15) is 6.92 Å². The SMILES string of the molecule is CCOc1ccccc1NC(=O)CN(C)CCOc1ccc(F)cc1. The minimum Gasteiger partial charge on any atom is -0.492 e. The van der Waals surface area contributed by atoms with Crippen LogP contribution >= 0.6 is 0 Å². The molecule has 0 radical (unpaired) electrons. The van der Waals surface area contributed by atoms with Crippen molar-refractivity contribution in [2.24, 2.45) is 0 Å². The lowest BCUT2D eigenvalue weighted by Gasteiger charge is -2.17. The molecule has 2 rings (SSSR count). The second kappa shape index (κ2) is 9.64. The van der Waals surface area contributed by atoms with Crippen molar-refractivity contribution < 1.29 is 18.7 Å². The van der Waals surface area contributed by atoms with E-state index in [1.54, 1.807) is 18.2 Å². The average Bonchev–Trinajstić information content (AvgIpc) is 2.58. The monoisotopic (exact) mass is 346 g/mol. The lowest BCUT2D eigenvalue weighted by atomic mass is 10.3. The molecule has 0 aliphatic heterocycles. The highest BCUT2D eigenvalue weighted by Gasteiger charge is 2.10. The van der Waals surface area contributed by atoms with Crippen molar-refractivity contribution in [3.05, 3.63) is 54.3 Å². The van der Waals surface area contributed by atoms with Crippen LogP contribution in [0.4, 0.5) is 10.1 Å². The van der Waals surface area contributed by atoms with E-state index in [9.17, 15) is 9.18 Å². The number of ether oxygens (including phenoxy) is 2. The van der Waals surface area contributed by atoms with Gasteiger partial charge in [-0.2, -0.15) is 0 Å². The highest BCUT2D eigenvalue weighted by Crippen LogP contribution is 2.23. The van der Waals surface area contributed by atoms with Crippen LogP contribution in [0.2, 0.25) is 0 Å². The first-order valence-electron chi connectivity index (χ1n) is 8.17. The van der Waals surface area contributed by atoms with Crippen molar-refractivity contribution in [1.82, 2.24) is 4.90 Å². The van der Waals surface area contributed by atoms with Gasteiger partial charge < -0.3 is 14.8 Å². The Hall–Kier alpha value is -2.60. The summed E-state index contributed by atoms with van der Waals surface area (Å²) in [7, 11) is 1.84. The van der Waals surface area contributed by atoms with E-state index in [1.807, 2.05) is 37.1 Å². The molecule has 25 heavy (non-hydrogen) atoms. The molecule has 0 aliphatic rings. The Morgan fingerprint density at radius 1 is 1.12 bits per heavy atom. The molecule has 0 aromatic heterocycles. The van der Waals surface area contributed by atoms with Crippen molar-refractivity contribution in [2.75, 3.05) is 38.7 Å². The molecule has 2 aromatic carbocycles. The van der Waals surface area contributed by atoms with Gasteiger partial charge in [-0.05, 0) is 50.4 Å². The standard InChI is InChI=1S/C19H23FN2O3/c1-3-24-18-7-5-4-6-17(18)21-19(23)14-22(2)12-13-25-16-10-8-15(20)9-11-16/h4-11H,3,12-14H2,1-2H3,(H,21,23). The summed E-state index contributed by atoms with van der Waals surface area (Å²) in [5, 5.41) is 2.85. The first kappa shape index (κ1) is 18.7. The van der Waals surface area contributed by atoms with Gasteiger partial charge in [0.1, 0.15) is 23.9 Å². The number of hydrogen-bond acceptors (Lipinski definition) is 4. The Morgan fingerprint density at radius 2 is 1.84 bits per heavy atom. The van der Waals surface area contributed by atoms with Gasteiger partial charge in [-0.3, -0.25) is 9.69 Å². The number of nitrogens with zero attached hydrogens (tertiary/aromatic N) is 1. The second-order valence-electron chi connectivity index (χ2n) is 5.52. The van der Waals surface area contributed by atoms with E-state index in [1.165, 1.54) is 12.1 Å². The molecule has 0 atom stereocenters. The van der Waals surface area contributed by atoms with E-state index in [0.717, 1.165) is 0 Å². The molecule has 0 heterocycles. The molecular weight excluding hydrogens is 323 g/mol. The molecule has 0 saturated carbocycles. The summed E-state index contributed by atoms with van der Waals surface area (Å²) in [6.45, 7) is 3.64. The van der Waals surface area contributed by atoms with Crippen molar-refractivity contribution >= 4 is 11.6 Å². The fraction of sp³-hybridized carbons (Fsp3) is 0.316. The van der Waals surface area contributed by atoms with E-state index in [-0.39, 0.29) is 18.3 Å². The lowest BCUT2D eigenvalue weighted by Crippen LogP contribution is -2.33. The first-order valence-corrected chi connectivity index (χ1v) is 8.17. The normalized spacial score (nSPS) is 10.6. The Labute approximate surface area is 147 Å². The Balaban J connectivity index is 1.75. The van der Waals surface area contributed by atoms with Gasteiger partial charge >= 0.3 is 0 Å². The quantitative estimate of drug-likeness (QED) is 0.758. The van der Waals surface area contributed by atoms with Gasteiger partial charge in [-0.25, -0.2) is 4.39 Å². The van der Waals surface area contributed by atoms with Crippen LogP contribution in [0.15, 0.2) is 48.5 Å². The van der Waals surface area contributed by atoms with Crippen molar-refractivity contribution in [3.8, 4) is 11.5 Å². The Bertz CT molecular complexity index is 677. The number of halogens is 1. The molecule has 134 valence electrons. The van der Waals surface area contributed by atoms with Gasteiger partial charge in [0.15, 0.2) is 0 Å². The summed E-state index contributed by atoms with van der Waals surface area (Å²) in [5.41, 5.74) is 0.658. The highest BCUT2D eigenvalue weighted by molar-refractivity contribution is 5.93. The second-order valence-corrected chi connectivity index (χ2v) is 5.52. The molecule has 0 spiro atoms. The number of nitrogens with one attached hydrogen (secondary N) is 1. The average molecular weight is 346 g/mol. The smallest absolute Gasteiger partial charge is 0.238 e. The molecule has 0 saturated heterocycles. The maximum atomic E-state index is 12.8. The third-order valence-corrected chi connectivity index (χ3v) is 3.43. The van der Waals surface area contributed by atoms with E-state index >= 15 is 0 Å². The predicted octanol–water partition coefficient (Wildman–Crippen LogP) is 3.17. The lowest BCUT2D eigenvalue weighted by molar-refractivity contribution is -0.117. The predicted molar refractivity (Wildman–Crippen MR) is 95.6 cm³/mol. The van der Waals surface area contributed by atoms with Crippen LogP contribution in [0, 0.1) is 5.82 Å². The molecule has 0 unspecified atom stereocenters. The maximum Gasteiger partial charge on any atom is 0.238 e. The van der Waals surface area contributed by atoms with Crippen LogP contribution in [0.25, 0.3) is 0 Å². The van der Waals surface area contributed by atoms with Crippen molar-refractivity contribution in [1.29, 1.82) is 0 Å². The fourth-order valence-corrected chi connectivity index (χ4v) is 2.22. The number of hydrogen-bond donors (Lipinski definition) is 1. The van der Waals surface area contributed by atoms with E-state index in [2.05, 4.69) is 5.32 Å². The molecule has 1 N–H and O–H groups in total. The summed E-state index contributed by atoms with van der Waals surface area (Å²) in [6.07, 6.45) is 0. The van der Waals surface area contributed by atoms with Gasteiger partial charge in [-0.1, -0.05) is 12.1 Å². The number of para-hydroxylation sites is 2. The van der Waals surface area contributed by atoms with Crippen LogP contribution in [0.5, 0.6) is 11.5 Å². The maximum absolute atomic E-state index is 12.8. The van der Waals surface area contributed by atoms with Crippen LogP contribution < -0.4 is 14.8 Å². The van der Waals surface area contributed by atoms with Crippen LogP contribution in [0.3, 0.4) is 0 Å². The number of rotatable bonds is 9. The number of benzene rings is 2. The minimum atomic E-state index is -0.298. The van der Waals surface area contributed by atoms with Gasteiger partial charge in [-0.15, -0.1) is 0 Å². The molecule has 0 bridgehead atoms. The third-order valence-electron chi connectivity index (χ3n) is 3.43. The molecule has 0 aliphatic carbocycles. The zero-order chi connectivity index (χ0) is 18.1. The Kier molecular flexibility index (Phi) is 7.22. The summed E-state index contributed by atoms with van der Waals surface area (Å²) in [6, 6.07) is 13.2. The van der Waals surface area contributed by atoms with Crippen molar-refractivity contribution in [3.63, 3.8) is 0 Å². The summed E-state index contributed by atoms with van der Waals surface area (Å²) >= 11 is 0. The number of anilines is 1. The minimum absolute atomic E-state index is 0.128. The summed E-state index contributed by atoms with van der Waals surface area (Å²) in [5.74, 6) is 0.829. The topological polar surface area (TPSA) is 50.8 Å². The molecule has 2 aromatic rings. The van der Waals surface area contributed by atoms with Gasteiger partial charge in [0, 0.05) is 6.54 Å². The molecular formula is C19H23FN2O3. The highest BCUT2D eigenvalue weighted by atomic mass is 19.1. The number of carbonyl (C=O) groups is 1. The zero-order valence-electron chi connectivity index (χ0n) is 14.5. The molecule has 1 amide bonds. The Morgan fingerprint density at radius 3 is 2.56 bits per heavy atom.